The molecule has 0 spiro atoms. The number of aliphatic hydroxyl groups excluding tert-OH is 1. The number of hydrogen-bond acceptors (Lipinski definition) is 4. The lowest BCUT2D eigenvalue weighted by molar-refractivity contribution is -0.129. The maximum atomic E-state index is 11.0. The van der Waals surface area contributed by atoms with Gasteiger partial charge in [0.05, 0.1) is 12.6 Å². The number of fused-ring (bicyclic) bond motifs is 1. The lowest BCUT2D eigenvalue weighted by Gasteiger charge is -2.17. The van der Waals surface area contributed by atoms with E-state index < -0.39 is 0 Å². The van der Waals surface area contributed by atoms with E-state index in [1.54, 1.807) is 30.6 Å². The Morgan fingerprint density at radius 1 is 1.23 bits per heavy atom. The van der Waals surface area contributed by atoms with Gasteiger partial charge in [-0.3, -0.25) is 4.79 Å². The molecule has 4 atom stereocenters. The fourth-order valence-corrected chi connectivity index (χ4v) is 4.18. The number of carbonyl (C=O) groups is 1. The minimum absolute atomic E-state index is 0.0121. The largest absolute Gasteiger partial charge is 0.400 e. The zero-order valence-corrected chi connectivity index (χ0v) is 14.0. The normalized spacial score (nSPS) is 32.2. The van der Waals surface area contributed by atoms with Crippen LogP contribution in [0, 0.1) is 29.1 Å². The van der Waals surface area contributed by atoms with E-state index in [4.69, 9.17) is 16.1 Å². The van der Waals surface area contributed by atoms with Crippen LogP contribution in [0.2, 0.25) is 0 Å². The summed E-state index contributed by atoms with van der Waals surface area (Å²) in [5.41, 5.74) is 5.17. The van der Waals surface area contributed by atoms with Gasteiger partial charge in [-0.25, -0.2) is 0 Å². The molecule has 1 aliphatic heterocycles. The van der Waals surface area contributed by atoms with Crippen LogP contribution in [0.3, 0.4) is 0 Å². The van der Waals surface area contributed by atoms with Crippen molar-refractivity contribution in [3.63, 3.8) is 0 Å². The smallest absolute Gasteiger partial charge is 0.237 e. The van der Waals surface area contributed by atoms with Crippen LogP contribution in [0.15, 0.2) is 0 Å². The Kier molecular flexibility index (Phi) is 8.44. The van der Waals surface area contributed by atoms with Crippen molar-refractivity contribution in [2.75, 3.05) is 20.2 Å². The number of nitrogens with two attached hydrogens (primary N) is 1. The van der Waals surface area contributed by atoms with Gasteiger partial charge in [-0.1, -0.05) is 26.2 Å². The van der Waals surface area contributed by atoms with E-state index in [1.807, 2.05) is 0 Å². The summed E-state index contributed by atoms with van der Waals surface area (Å²) < 4.78 is 0. The maximum absolute atomic E-state index is 11.0. The van der Waals surface area contributed by atoms with E-state index in [0.29, 0.717) is 6.54 Å². The van der Waals surface area contributed by atoms with E-state index in [-0.39, 0.29) is 18.5 Å². The summed E-state index contributed by atoms with van der Waals surface area (Å²) in [4.78, 5) is 12.6. The van der Waals surface area contributed by atoms with Crippen LogP contribution >= 0.6 is 0 Å². The van der Waals surface area contributed by atoms with E-state index in [9.17, 15) is 4.79 Å². The number of nitriles is 1. The van der Waals surface area contributed by atoms with E-state index in [1.165, 1.54) is 6.42 Å². The van der Waals surface area contributed by atoms with Crippen LogP contribution in [-0.4, -0.2) is 42.2 Å². The average molecular weight is 309 g/mol. The highest BCUT2D eigenvalue weighted by Gasteiger charge is 2.34. The van der Waals surface area contributed by atoms with Gasteiger partial charge in [-0.05, 0) is 43.4 Å². The summed E-state index contributed by atoms with van der Waals surface area (Å²) in [5.74, 6) is 3.24. The molecule has 2 saturated carbocycles. The van der Waals surface area contributed by atoms with Gasteiger partial charge in [0.1, 0.15) is 6.04 Å². The molecule has 22 heavy (non-hydrogen) atoms. The van der Waals surface area contributed by atoms with E-state index >= 15 is 0 Å². The third kappa shape index (κ3) is 4.96. The molecule has 3 aliphatic rings. The van der Waals surface area contributed by atoms with E-state index in [0.717, 1.165) is 37.7 Å². The molecule has 0 aromatic heterocycles. The molecule has 3 N–H and O–H groups in total. The monoisotopic (exact) mass is 309 g/mol. The van der Waals surface area contributed by atoms with Gasteiger partial charge in [-0.15, -0.1) is 0 Å². The molecule has 5 nitrogen and oxygen atoms in total. The number of aliphatic hydroxyl groups is 1. The lowest BCUT2D eigenvalue weighted by atomic mass is 10.0. The quantitative estimate of drug-likeness (QED) is 0.774. The molecule has 0 aromatic carbocycles. The average Bonchev–Trinajstić information content (AvgIpc) is 3.24. The SMILES string of the molecule is CC1C[C@H]2CCC[C@H]2C1.CO.N#CC1CCCN1C(=O)CN. The molecular formula is C17H31N3O2. The summed E-state index contributed by atoms with van der Waals surface area (Å²) >= 11 is 0. The number of likely N-dealkylation sites (tertiary alicyclic amines) is 1. The Morgan fingerprint density at radius 2 is 1.82 bits per heavy atom. The Hall–Kier alpha value is -1.12. The molecule has 0 bridgehead atoms. The second-order valence-corrected chi connectivity index (χ2v) is 6.61. The summed E-state index contributed by atoms with van der Waals surface area (Å²) in [5, 5.41) is 15.6. The third-order valence-corrected chi connectivity index (χ3v) is 5.12. The molecule has 3 fully saturated rings. The van der Waals surface area contributed by atoms with Gasteiger partial charge in [-0.2, -0.15) is 5.26 Å². The first-order valence-electron chi connectivity index (χ1n) is 8.49. The van der Waals surface area contributed by atoms with Crippen LogP contribution < -0.4 is 5.73 Å². The van der Waals surface area contributed by atoms with Gasteiger partial charge in [0.2, 0.25) is 5.91 Å². The van der Waals surface area contributed by atoms with Gasteiger partial charge >= 0.3 is 0 Å². The number of carbonyl (C=O) groups excluding carboxylic acids is 1. The fraction of sp³-hybridized carbons (Fsp3) is 0.882. The highest BCUT2D eigenvalue weighted by Crippen LogP contribution is 2.46. The highest BCUT2D eigenvalue weighted by atomic mass is 16.2. The number of nitrogens with zero attached hydrogens (tertiary/aromatic N) is 2. The Balaban J connectivity index is 0.000000200. The van der Waals surface area contributed by atoms with Crippen molar-refractivity contribution in [1.29, 1.82) is 5.26 Å². The lowest BCUT2D eigenvalue weighted by Crippen LogP contribution is -2.38. The molecule has 126 valence electrons. The van der Waals surface area contributed by atoms with Gasteiger partial charge < -0.3 is 15.7 Å². The molecule has 1 heterocycles. The molecule has 0 aromatic rings. The number of amides is 1. The van der Waals surface area contributed by atoms with Crippen molar-refractivity contribution in [1.82, 2.24) is 4.90 Å². The number of hydrogen-bond donors (Lipinski definition) is 2. The summed E-state index contributed by atoms with van der Waals surface area (Å²) in [6, 6.07) is 1.85. The Labute approximate surface area is 134 Å². The van der Waals surface area contributed by atoms with Crippen LogP contribution in [-0.2, 0) is 4.79 Å². The standard InChI is InChI=1S/C9H16.C7H11N3O.CH4O/c1-7-5-8-3-2-4-9(8)6-7;8-4-6-2-1-3-10(6)7(11)5-9;1-2/h7-9H,2-6H2,1H3;6H,1-3,5,9H2;2H,1H3/t7?,8-,9+;;. The van der Waals surface area contributed by atoms with Crippen molar-refractivity contribution >= 4 is 5.91 Å². The van der Waals surface area contributed by atoms with Gasteiger partial charge in [0, 0.05) is 13.7 Å². The van der Waals surface area contributed by atoms with Gasteiger partial charge in [0.15, 0.2) is 0 Å². The molecule has 2 aliphatic carbocycles. The molecular weight excluding hydrogens is 278 g/mol. The third-order valence-electron chi connectivity index (χ3n) is 5.12. The van der Waals surface area contributed by atoms with Gasteiger partial charge in [0.25, 0.3) is 0 Å². The second-order valence-electron chi connectivity index (χ2n) is 6.61. The number of rotatable bonds is 1. The summed E-state index contributed by atoms with van der Waals surface area (Å²) in [6.45, 7) is 3.12. The maximum Gasteiger partial charge on any atom is 0.237 e. The first-order chi connectivity index (χ1) is 10.7. The van der Waals surface area contributed by atoms with Crippen molar-refractivity contribution in [2.45, 2.75) is 57.9 Å². The van der Waals surface area contributed by atoms with Crippen molar-refractivity contribution in [3.8, 4) is 6.07 Å². The van der Waals surface area contributed by atoms with Crippen LogP contribution in [0.1, 0.15) is 51.9 Å². The molecule has 1 saturated heterocycles. The fourth-order valence-electron chi connectivity index (χ4n) is 4.18. The molecule has 1 amide bonds. The predicted octanol–water partition coefficient (Wildman–Crippen LogP) is 1.90. The van der Waals surface area contributed by atoms with Crippen LogP contribution in [0.5, 0.6) is 0 Å². The second kappa shape index (κ2) is 9.81. The zero-order chi connectivity index (χ0) is 16.5. The molecule has 3 rings (SSSR count). The molecule has 2 unspecified atom stereocenters. The van der Waals surface area contributed by atoms with Crippen LogP contribution in [0.25, 0.3) is 0 Å². The summed E-state index contributed by atoms with van der Waals surface area (Å²) in [7, 11) is 1.00. The molecule has 0 radical (unpaired) electrons. The summed E-state index contributed by atoms with van der Waals surface area (Å²) in [6.07, 6.45) is 9.44. The minimum Gasteiger partial charge on any atom is -0.400 e. The van der Waals surface area contributed by atoms with Crippen molar-refractivity contribution in [3.05, 3.63) is 0 Å². The minimum atomic E-state index is -0.231. The van der Waals surface area contributed by atoms with Crippen molar-refractivity contribution in [2.24, 2.45) is 23.5 Å². The predicted molar refractivity (Wildman–Crippen MR) is 86.8 cm³/mol. The Morgan fingerprint density at radius 3 is 2.32 bits per heavy atom. The zero-order valence-electron chi connectivity index (χ0n) is 14.0. The highest BCUT2D eigenvalue weighted by molar-refractivity contribution is 5.78. The Bertz CT molecular complexity index is 369. The topological polar surface area (TPSA) is 90.3 Å². The van der Waals surface area contributed by atoms with Crippen LogP contribution in [0.4, 0.5) is 0 Å². The first-order valence-corrected chi connectivity index (χ1v) is 8.49. The van der Waals surface area contributed by atoms with Crippen molar-refractivity contribution < 1.29 is 9.90 Å². The molecule has 5 heteroatoms. The first kappa shape index (κ1) is 18.9. The van der Waals surface area contributed by atoms with E-state index in [2.05, 4.69) is 13.0 Å².